The third-order valence-corrected chi connectivity index (χ3v) is 2.71. The minimum absolute atomic E-state index is 0.185. The van der Waals surface area contributed by atoms with E-state index in [1.165, 1.54) is 12.3 Å². The zero-order chi connectivity index (χ0) is 13.8. The minimum Gasteiger partial charge on any atom is -0.463 e. The van der Waals surface area contributed by atoms with E-state index in [0.29, 0.717) is 12.3 Å². The monoisotopic (exact) mass is 269 g/mol. The van der Waals surface area contributed by atoms with Crippen molar-refractivity contribution < 1.29 is 13.7 Å². The molecule has 0 aliphatic carbocycles. The molecule has 3 aromatic rings. The Bertz CT molecular complexity index is 690. The van der Waals surface area contributed by atoms with Crippen LogP contribution in [0.4, 0.5) is 0 Å². The molecule has 0 fully saturated rings. The van der Waals surface area contributed by atoms with Crippen molar-refractivity contribution >= 4 is 5.91 Å². The fourth-order valence-electron chi connectivity index (χ4n) is 1.75. The number of carbonyl (C=O) groups excluding carboxylic acids is 1. The molecular formula is C14H11N3O3. The summed E-state index contributed by atoms with van der Waals surface area (Å²) in [6.45, 7) is 0.371. The Labute approximate surface area is 114 Å². The topological polar surface area (TPSA) is 81.2 Å². The first-order valence-corrected chi connectivity index (χ1v) is 6.00. The minimum atomic E-state index is -0.307. The highest BCUT2D eigenvalue weighted by Crippen LogP contribution is 2.17. The van der Waals surface area contributed by atoms with Crippen LogP contribution in [0.5, 0.6) is 0 Å². The average molecular weight is 269 g/mol. The molecule has 0 atom stereocenters. The van der Waals surface area contributed by atoms with Gasteiger partial charge in [0, 0.05) is 18.8 Å². The lowest BCUT2D eigenvalue weighted by molar-refractivity contribution is 0.0914. The number of nitrogens with one attached hydrogen (secondary N) is 1. The predicted octanol–water partition coefficient (Wildman–Crippen LogP) is 2.26. The van der Waals surface area contributed by atoms with Crippen LogP contribution in [0.25, 0.3) is 11.5 Å². The number of carbonyl (C=O) groups is 1. The maximum absolute atomic E-state index is 11.7. The Balaban J connectivity index is 1.69. The quantitative estimate of drug-likeness (QED) is 0.785. The van der Waals surface area contributed by atoms with Gasteiger partial charge < -0.3 is 14.3 Å². The van der Waals surface area contributed by atoms with Crippen molar-refractivity contribution in [3.63, 3.8) is 0 Å². The van der Waals surface area contributed by atoms with Crippen molar-refractivity contribution in [1.82, 2.24) is 15.5 Å². The highest BCUT2D eigenvalue weighted by Gasteiger charge is 2.09. The number of amides is 1. The predicted molar refractivity (Wildman–Crippen MR) is 69.6 cm³/mol. The fraction of sp³-hybridized carbons (Fsp3) is 0.0714. The van der Waals surface area contributed by atoms with E-state index in [1.807, 2.05) is 18.2 Å². The van der Waals surface area contributed by atoms with Gasteiger partial charge in [0.25, 0.3) is 5.91 Å². The van der Waals surface area contributed by atoms with Crippen molar-refractivity contribution in [1.29, 1.82) is 0 Å². The Kier molecular flexibility index (Phi) is 3.28. The number of aromatic nitrogens is 2. The zero-order valence-corrected chi connectivity index (χ0v) is 10.4. The third kappa shape index (κ3) is 2.59. The highest BCUT2D eigenvalue weighted by atomic mass is 16.5. The van der Waals surface area contributed by atoms with E-state index < -0.39 is 0 Å². The van der Waals surface area contributed by atoms with E-state index in [-0.39, 0.29) is 11.7 Å². The van der Waals surface area contributed by atoms with Gasteiger partial charge in [0.15, 0.2) is 5.76 Å². The summed E-state index contributed by atoms with van der Waals surface area (Å²) in [5, 5.41) is 6.23. The first-order chi connectivity index (χ1) is 9.83. The molecule has 0 aromatic carbocycles. The van der Waals surface area contributed by atoms with Crippen molar-refractivity contribution in [3.05, 3.63) is 60.3 Å². The fourth-order valence-corrected chi connectivity index (χ4v) is 1.75. The molecule has 3 heterocycles. The number of nitrogens with zero attached hydrogens (tertiary/aromatic N) is 2. The lowest BCUT2D eigenvalue weighted by Crippen LogP contribution is -2.22. The number of hydrogen-bond acceptors (Lipinski definition) is 5. The Morgan fingerprint density at radius 2 is 2.20 bits per heavy atom. The first-order valence-electron chi connectivity index (χ1n) is 6.00. The summed E-state index contributed by atoms with van der Waals surface area (Å²) < 4.78 is 10.1. The van der Waals surface area contributed by atoms with E-state index in [4.69, 9.17) is 8.94 Å². The van der Waals surface area contributed by atoms with Crippen molar-refractivity contribution in [2.75, 3.05) is 0 Å². The van der Waals surface area contributed by atoms with Crippen LogP contribution >= 0.6 is 0 Å². The molecule has 1 N–H and O–H groups in total. The normalized spacial score (nSPS) is 10.4. The molecule has 0 aliphatic heterocycles. The molecular weight excluding hydrogens is 258 g/mol. The maximum Gasteiger partial charge on any atom is 0.290 e. The average Bonchev–Trinajstić information content (AvgIpc) is 3.17. The van der Waals surface area contributed by atoms with Crippen LogP contribution in [-0.4, -0.2) is 16.0 Å². The Morgan fingerprint density at radius 3 is 2.95 bits per heavy atom. The van der Waals surface area contributed by atoms with Gasteiger partial charge in [-0.05, 0) is 29.8 Å². The second kappa shape index (κ2) is 5.40. The molecule has 0 saturated carbocycles. The van der Waals surface area contributed by atoms with Crippen LogP contribution in [0.1, 0.15) is 16.1 Å². The van der Waals surface area contributed by atoms with E-state index in [0.717, 1.165) is 11.3 Å². The van der Waals surface area contributed by atoms with Crippen LogP contribution in [0, 0.1) is 0 Å². The first kappa shape index (κ1) is 12.2. The molecule has 100 valence electrons. The Hall–Kier alpha value is -2.89. The number of furan rings is 1. The zero-order valence-electron chi connectivity index (χ0n) is 10.4. The summed E-state index contributed by atoms with van der Waals surface area (Å²) in [5.74, 6) is 0.567. The van der Waals surface area contributed by atoms with Gasteiger partial charge >= 0.3 is 0 Å². The lowest BCUT2D eigenvalue weighted by Gasteiger charge is -2.04. The van der Waals surface area contributed by atoms with Crippen LogP contribution < -0.4 is 5.32 Å². The lowest BCUT2D eigenvalue weighted by atomic mass is 10.2. The number of pyridine rings is 1. The maximum atomic E-state index is 11.7. The number of hydrogen-bond donors (Lipinski definition) is 1. The molecule has 0 saturated heterocycles. The smallest absolute Gasteiger partial charge is 0.290 e. The van der Waals surface area contributed by atoms with E-state index in [2.05, 4.69) is 15.5 Å². The molecule has 0 spiro atoms. The molecule has 6 nitrogen and oxygen atoms in total. The number of rotatable bonds is 4. The summed E-state index contributed by atoms with van der Waals surface area (Å²) in [5.41, 5.74) is 1.64. The molecule has 3 aromatic heterocycles. The van der Waals surface area contributed by atoms with Gasteiger partial charge in [0.2, 0.25) is 5.76 Å². The molecule has 0 bridgehead atoms. The van der Waals surface area contributed by atoms with Crippen molar-refractivity contribution in [2.45, 2.75) is 6.54 Å². The summed E-state index contributed by atoms with van der Waals surface area (Å²) in [7, 11) is 0. The van der Waals surface area contributed by atoms with Gasteiger partial charge in [-0.2, -0.15) is 0 Å². The summed E-state index contributed by atoms with van der Waals surface area (Å²) in [4.78, 5) is 15.9. The third-order valence-electron chi connectivity index (χ3n) is 2.71. The SMILES string of the molecule is O=C(NCc1ccnc(-c2ccco2)c1)c1ccno1. The summed E-state index contributed by atoms with van der Waals surface area (Å²) >= 11 is 0. The van der Waals surface area contributed by atoms with E-state index in [9.17, 15) is 4.79 Å². The highest BCUT2D eigenvalue weighted by molar-refractivity contribution is 5.91. The van der Waals surface area contributed by atoms with Crippen LogP contribution in [0.3, 0.4) is 0 Å². The van der Waals surface area contributed by atoms with Gasteiger partial charge in [-0.15, -0.1) is 0 Å². The largest absolute Gasteiger partial charge is 0.463 e. The molecule has 0 aliphatic rings. The van der Waals surface area contributed by atoms with Gasteiger partial charge in [-0.1, -0.05) is 5.16 Å². The van der Waals surface area contributed by atoms with E-state index in [1.54, 1.807) is 18.5 Å². The van der Waals surface area contributed by atoms with Gasteiger partial charge in [-0.25, -0.2) is 0 Å². The van der Waals surface area contributed by atoms with Crippen LogP contribution in [0.2, 0.25) is 0 Å². The molecule has 0 unspecified atom stereocenters. The second-order valence-electron chi connectivity index (χ2n) is 4.09. The van der Waals surface area contributed by atoms with Crippen LogP contribution in [-0.2, 0) is 6.54 Å². The second-order valence-corrected chi connectivity index (χ2v) is 4.09. The van der Waals surface area contributed by atoms with Gasteiger partial charge in [0.05, 0.1) is 12.5 Å². The molecule has 6 heteroatoms. The Morgan fingerprint density at radius 1 is 1.25 bits per heavy atom. The summed E-state index contributed by atoms with van der Waals surface area (Å²) in [6, 6.07) is 8.83. The van der Waals surface area contributed by atoms with Crippen molar-refractivity contribution in [3.8, 4) is 11.5 Å². The molecule has 1 amide bonds. The van der Waals surface area contributed by atoms with E-state index >= 15 is 0 Å². The van der Waals surface area contributed by atoms with Crippen molar-refractivity contribution in [2.24, 2.45) is 0 Å². The van der Waals surface area contributed by atoms with Gasteiger partial charge in [0.1, 0.15) is 5.69 Å². The standard InChI is InChI=1S/C14H11N3O3/c18-14(13-4-6-17-20-13)16-9-10-3-5-15-11(8-10)12-2-1-7-19-12/h1-8H,9H2,(H,16,18). The molecule has 20 heavy (non-hydrogen) atoms. The summed E-state index contributed by atoms with van der Waals surface area (Å²) in [6.07, 6.45) is 4.69. The molecule has 0 radical (unpaired) electrons. The van der Waals surface area contributed by atoms with Gasteiger partial charge in [-0.3, -0.25) is 9.78 Å². The van der Waals surface area contributed by atoms with Crippen LogP contribution in [0.15, 0.2) is 57.9 Å². The molecule has 3 rings (SSSR count).